The number of nitrogens with zero attached hydrogens (tertiary/aromatic N) is 1. The van der Waals surface area contributed by atoms with Crippen molar-refractivity contribution >= 4 is 23.2 Å². The van der Waals surface area contributed by atoms with Crippen molar-refractivity contribution in [3.8, 4) is 5.75 Å². The minimum absolute atomic E-state index is 0.115. The van der Waals surface area contributed by atoms with Crippen LogP contribution in [0.4, 0.5) is 23.2 Å². The van der Waals surface area contributed by atoms with Crippen LogP contribution in [0.2, 0.25) is 0 Å². The van der Waals surface area contributed by atoms with Crippen LogP contribution in [0.3, 0.4) is 0 Å². The lowest BCUT2D eigenvalue weighted by Crippen LogP contribution is -2.25. The number of anilines is 1. The Bertz CT molecular complexity index is 506. The molecule has 1 atom stereocenters. The molecule has 104 valence electrons. The maximum atomic E-state index is 13.5. The van der Waals surface area contributed by atoms with Gasteiger partial charge in [-0.15, -0.1) is 24.8 Å². The van der Waals surface area contributed by atoms with E-state index in [1.807, 2.05) is 0 Å². The lowest BCUT2D eigenvalue weighted by atomic mass is 10.2. The molecule has 1 amide bonds. The predicted molar refractivity (Wildman–Crippen MR) is 59.7 cm³/mol. The first-order valence-electron chi connectivity index (χ1n) is 5.26. The minimum atomic E-state index is -4.97. The molecule has 2 rings (SSSR count). The highest BCUT2D eigenvalue weighted by molar-refractivity contribution is 6.24. The van der Waals surface area contributed by atoms with Gasteiger partial charge in [-0.3, -0.25) is 4.79 Å². The summed E-state index contributed by atoms with van der Waals surface area (Å²) in [4.78, 5) is 12.7. The van der Waals surface area contributed by atoms with Gasteiger partial charge in [-0.25, -0.2) is 4.39 Å². The van der Waals surface area contributed by atoms with Crippen LogP contribution in [-0.4, -0.2) is 24.2 Å². The van der Waals surface area contributed by atoms with E-state index in [0.717, 1.165) is 12.1 Å². The monoisotopic (exact) mass is 297 g/mol. The maximum absolute atomic E-state index is 13.5. The summed E-state index contributed by atoms with van der Waals surface area (Å²) in [6.07, 6.45) is -4.85. The van der Waals surface area contributed by atoms with Crippen molar-refractivity contribution in [1.29, 1.82) is 0 Å². The predicted octanol–water partition coefficient (Wildman–Crippen LogP) is 3.07. The van der Waals surface area contributed by atoms with Crippen molar-refractivity contribution in [3.05, 3.63) is 24.0 Å². The highest BCUT2D eigenvalue weighted by Crippen LogP contribution is 2.31. The molecule has 1 saturated heterocycles. The molecular weight excluding hydrogens is 290 g/mol. The van der Waals surface area contributed by atoms with Gasteiger partial charge in [0.2, 0.25) is 5.91 Å². The first-order chi connectivity index (χ1) is 8.76. The van der Waals surface area contributed by atoms with Crippen LogP contribution in [0.1, 0.15) is 6.42 Å². The average Bonchev–Trinajstić information content (AvgIpc) is 2.59. The highest BCUT2D eigenvalue weighted by atomic mass is 35.5. The molecule has 0 saturated carbocycles. The van der Waals surface area contributed by atoms with Gasteiger partial charge in [0, 0.05) is 24.7 Å². The summed E-state index contributed by atoms with van der Waals surface area (Å²) < 4.78 is 52.9. The van der Waals surface area contributed by atoms with Crippen molar-refractivity contribution in [1.82, 2.24) is 0 Å². The lowest BCUT2D eigenvalue weighted by Gasteiger charge is -2.17. The number of amides is 1. The van der Waals surface area contributed by atoms with Crippen LogP contribution in [-0.2, 0) is 4.79 Å². The zero-order valence-corrected chi connectivity index (χ0v) is 10.1. The number of carbonyl (C=O) groups excluding carboxylic acids is 1. The Morgan fingerprint density at radius 2 is 2.05 bits per heavy atom. The molecule has 19 heavy (non-hydrogen) atoms. The Kier molecular flexibility index (Phi) is 3.58. The third-order valence-electron chi connectivity index (χ3n) is 2.53. The van der Waals surface area contributed by atoms with Crippen molar-refractivity contribution in [3.63, 3.8) is 0 Å². The molecule has 1 aliphatic heterocycles. The molecule has 8 heteroatoms. The fraction of sp³-hybridized carbons (Fsp3) is 0.364. The molecule has 3 nitrogen and oxygen atoms in total. The van der Waals surface area contributed by atoms with Crippen LogP contribution in [0.15, 0.2) is 18.2 Å². The Labute approximate surface area is 110 Å². The van der Waals surface area contributed by atoms with E-state index in [2.05, 4.69) is 4.74 Å². The van der Waals surface area contributed by atoms with Crippen LogP contribution in [0.25, 0.3) is 0 Å². The van der Waals surface area contributed by atoms with Crippen LogP contribution >= 0.6 is 11.6 Å². The van der Waals surface area contributed by atoms with Gasteiger partial charge in [-0.05, 0) is 12.1 Å². The lowest BCUT2D eigenvalue weighted by molar-refractivity contribution is -0.275. The summed E-state index contributed by atoms with van der Waals surface area (Å²) in [6.45, 7) is 0.194. The fourth-order valence-corrected chi connectivity index (χ4v) is 2.05. The van der Waals surface area contributed by atoms with Crippen molar-refractivity contribution < 1.29 is 27.1 Å². The zero-order valence-electron chi connectivity index (χ0n) is 9.38. The molecule has 0 bridgehead atoms. The number of benzene rings is 1. The van der Waals surface area contributed by atoms with Gasteiger partial charge in [0.05, 0.1) is 5.38 Å². The zero-order chi connectivity index (χ0) is 14.2. The number of hydrogen-bond donors (Lipinski definition) is 0. The quantitative estimate of drug-likeness (QED) is 0.620. The smallest absolute Gasteiger partial charge is 0.403 e. The molecule has 0 aromatic heterocycles. The van der Waals surface area contributed by atoms with E-state index < -0.39 is 17.9 Å². The second-order valence-corrected chi connectivity index (χ2v) is 4.59. The summed E-state index contributed by atoms with van der Waals surface area (Å²) in [5.41, 5.74) is 0.153. The normalized spacial score (nSPS) is 19.9. The number of rotatable bonds is 2. The number of alkyl halides is 4. The molecule has 1 aliphatic rings. The van der Waals surface area contributed by atoms with Crippen LogP contribution in [0.5, 0.6) is 5.75 Å². The molecule has 1 unspecified atom stereocenters. The SMILES string of the molecule is O=C1CC(Cl)CN1c1ccc(OC(F)(F)F)c(F)c1. The van der Waals surface area contributed by atoms with E-state index in [9.17, 15) is 22.4 Å². The Balaban J connectivity index is 2.22. The minimum Gasteiger partial charge on any atom is -0.403 e. The van der Waals surface area contributed by atoms with Crippen molar-refractivity contribution in [2.75, 3.05) is 11.4 Å². The first kappa shape index (κ1) is 13.9. The molecule has 0 spiro atoms. The van der Waals surface area contributed by atoms with E-state index in [0.29, 0.717) is 0 Å². The fourth-order valence-electron chi connectivity index (χ4n) is 1.78. The molecule has 0 aliphatic carbocycles. The molecular formula is C11H8ClF4NO2. The molecule has 0 N–H and O–H groups in total. The van der Waals surface area contributed by atoms with Crippen molar-refractivity contribution in [2.45, 2.75) is 18.2 Å². The van der Waals surface area contributed by atoms with E-state index in [-0.39, 0.29) is 29.9 Å². The summed E-state index contributed by atoms with van der Waals surface area (Å²) in [7, 11) is 0. The third kappa shape index (κ3) is 3.28. The molecule has 1 aromatic rings. The van der Waals surface area contributed by atoms with Crippen molar-refractivity contribution in [2.24, 2.45) is 0 Å². The van der Waals surface area contributed by atoms with E-state index in [4.69, 9.17) is 11.6 Å². The standard InChI is InChI=1S/C11H8ClF4NO2/c12-6-3-10(18)17(5-6)7-1-2-9(8(13)4-7)19-11(14,15)16/h1-2,4,6H,3,5H2. The van der Waals surface area contributed by atoms with Gasteiger partial charge in [-0.2, -0.15) is 0 Å². The molecule has 1 heterocycles. The molecule has 1 aromatic carbocycles. The van der Waals surface area contributed by atoms with E-state index in [1.54, 1.807) is 0 Å². The maximum Gasteiger partial charge on any atom is 0.573 e. The van der Waals surface area contributed by atoms with Gasteiger partial charge in [0.15, 0.2) is 11.6 Å². The van der Waals surface area contributed by atoms with Gasteiger partial charge >= 0.3 is 6.36 Å². The van der Waals surface area contributed by atoms with Gasteiger partial charge < -0.3 is 9.64 Å². The number of hydrogen-bond acceptors (Lipinski definition) is 2. The molecule has 1 fully saturated rings. The summed E-state index contributed by atoms with van der Waals surface area (Å²) in [5, 5.41) is -0.387. The van der Waals surface area contributed by atoms with Crippen LogP contribution in [0, 0.1) is 5.82 Å². The Hall–Kier alpha value is -1.50. The second kappa shape index (κ2) is 4.88. The van der Waals surface area contributed by atoms with Crippen LogP contribution < -0.4 is 9.64 Å². The summed E-state index contributed by atoms with van der Waals surface area (Å²) in [6, 6.07) is 2.82. The number of carbonyl (C=O) groups is 1. The highest BCUT2D eigenvalue weighted by Gasteiger charge is 2.33. The van der Waals surface area contributed by atoms with Gasteiger partial charge in [-0.1, -0.05) is 0 Å². The largest absolute Gasteiger partial charge is 0.573 e. The second-order valence-electron chi connectivity index (χ2n) is 3.97. The molecule has 0 radical (unpaired) electrons. The van der Waals surface area contributed by atoms with Gasteiger partial charge in [0.25, 0.3) is 0 Å². The van der Waals surface area contributed by atoms with Gasteiger partial charge in [0.1, 0.15) is 0 Å². The third-order valence-corrected chi connectivity index (χ3v) is 2.82. The average molecular weight is 298 g/mol. The van der Waals surface area contributed by atoms with E-state index >= 15 is 0 Å². The summed E-state index contributed by atoms with van der Waals surface area (Å²) in [5.74, 6) is -2.44. The first-order valence-corrected chi connectivity index (χ1v) is 5.69. The van der Waals surface area contributed by atoms with E-state index in [1.165, 1.54) is 11.0 Å². The topological polar surface area (TPSA) is 29.5 Å². The Morgan fingerprint density at radius 1 is 1.37 bits per heavy atom. The number of halogens is 5. The Morgan fingerprint density at radius 3 is 2.53 bits per heavy atom. The summed E-state index contributed by atoms with van der Waals surface area (Å²) >= 11 is 5.78. The number of ether oxygens (including phenoxy) is 1.